The molecular weight excluding hydrogens is 247 g/mol. The molecule has 4 nitrogen and oxygen atoms in total. The van der Waals surface area contributed by atoms with Gasteiger partial charge in [-0.15, -0.1) is 0 Å². The molecule has 0 heterocycles. The van der Waals surface area contributed by atoms with Gasteiger partial charge in [0.05, 0.1) is 26.7 Å². The number of hydrogen-bond acceptors (Lipinski definition) is 3. The van der Waals surface area contributed by atoms with Crippen molar-refractivity contribution in [1.82, 2.24) is 0 Å². The minimum absolute atomic E-state index is 1.21. The Bertz CT molecular complexity index is 275. The monoisotopic (exact) mass is 265 g/mol. The Balaban J connectivity index is 0. The van der Waals surface area contributed by atoms with E-state index in [1.54, 1.807) is 0 Å². The first-order valence-electron chi connectivity index (χ1n) is 4.79. The fourth-order valence-electron chi connectivity index (χ4n) is 0.671. The van der Waals surface area contributed by atoms with Gasteiger partial charge >= 0.3 is 5.51 Å². The van der Waals surface area contributed by atoms with Crippen molar-refractivity contribution in [2.45, 2.75) is 26.3 Å². The van der Waals surface area contributed by atoms with E-state index in [1.165, 1.54) is 24.1 Å². The summed E-state index contributed by atoms with van der Waals surface area (Å²) in [6.07, 6.45) is 0. The van der Waals surface area contributed by atoms with Crippen LogP contribution in [0.5, 0.6) is 0 Å². The Morgan fingerprint density at radius 1 is 1.06 bits per heavy atom. The summed E-state index contributed by atoms with van der Waals surface area (Å²) in [6.45, 7) is 10.5. The highest BCUT2D eigenvalue weighted by Crippen LogP contribution is 2.20. The summed E-state index contributed by atoms with van der Waals surface area (Å²) in [4.78, 5) is 0. The summed E-state index contributed by atoms with van der Waals surface area (Å²) in [7, 11) is -3.80. The van der Waals surface area contributed by atoms with E-state index >= 15 is 0 Å². The van der Waals surface area contributed by atoms with E-state index in [1.807, 2.05) is 0 Å². The third kappa shape index (κ3) is 7.02. The van der Waals surface area contributed by atoms with Crippen LogP contribution in [-0.4, -0.2) is 49.6 Å². The molecule has 0 amide bonds. The first-order chi connectivity index (χ1) is 6.93. The smallest absolute Gasteiger partial charge is 0.485 e. The highest BCUT2D eigenvalue weighted by Gasteiger charge is 2.36. The second-order valence-electron chi connectivity index (χ2n) is 3.47. The molecule has 0 N–H and O–H groups in total. The van der Waals surface area contributed by atoms with Crippen LogP contribution >= 0.6 is 0 Å². The van der Waals surface area contributed by atoms with Crippen LogP contribution in [0.15, 0.2) is 0 Å². The first kappa shape index (κ1) is 18.0. The Hall–Kier alpha value is -0.340. The topological polar surface area (TPSA) is 57.2 Å². The third-order valence-electron chi connectivity index (χ3n) is 2.57. The zero-order valence-corrected chi connectivity index (χ0v) is 10.7. The van der Waals surface area contributed by atoms with Crippen molar-refractivity contribution in [1.29, 1.82) is 0 Å². The molecule has 8 heteroatoms. The third-order valence-corrected chi connectivity index (χ3v) is 3.14. The maximum Gasteiger partial charge on any atom is 0.485 e. The van der Waals surface area contributed by atoms with Gasteiger partial charge in [-0.2, -0.15) is 13.2 Å². The van der Waals surface area contributed by atoms with Gasteiger partial charge in [-0.05, 0) is 20.8 Å². The van der Waals surface area contributed by atoms with Crippen LogP contribution < -0.4 is 0 Å². The van der Waals surface area contributed by atoms with Crippen LogP contribution in [0.3, 0.4) is 0 Å². The molecule has 100 valence electrons. The van der Waals surface area contributed by atoms with Crippen molar-refractivity contribution in [3.05, 3.63) is 0 Å². The molecule has 0 aliphatic carbocycles. The van der Waals surface area contributed by atoms with Gasteiger partial charge < -0.3 is 9.04 Å². The summed E-state index contributed by atoms with van der Waals surface area (Å²) in [5.41, 5.74) is -5.65. The molecule has 0 unspecified atom stereocenters. The predicted octanol–water partition coefficient (Wildman–Crippen LogP) is 1.54. The van der Waals surface area contributed by atoms with Crippen LogP contribution in [0.4, 0.5) is 13.2 Å². The fraction of sp³-hybridized carbons (Fsp3) is 1.00. The van der Waals surface area contributed by atoms with Gasteiger partial charge in [0.25, 0.3) is 0 Å². The normalized spacial score (nSPS) is 13.0. The van der Waals surface area contributed by atoms with Crippen LogP contribution in [-0.2, 0) is 10.1 Å². The van der Waals surface area contributed by atoms with Crippen molar-refractivity contribution in [3.8, 4) is 0 Å². The van der Waals surface area contributed by atoms with Crippen LogP contribution in [0, 0.1) is 0 Å². The van der Waals surface area contributed by atoms with Crippen LogP contribution in [0.2, 0.25) is 0 Å². The Labute approximate surface area is 94.4 Å². The van der Waals surface area contributed by atoms with Gasteiger partial charge in [-0.25, -0.2) is 8.42 Å². The van der Waals surface area contributed by atoms with E-state index in [-0.39, 0.29) is 0 Å². The quantitative estimate of drug-likeness (QED) is 0.442. The maximum atomic E-state index is 10.7. The molecule has 0 rings (SSSR count). The lowest BCUT2D eigenvalue weighted by Gasteiger charge is -2.30. The highest BCUT2D eigenvalue weighted by molar-refractivity contribution is 7.86. The molecule has 0 radical (unpaired) electrons. The molecule has 0 spiro atoms. The highest BCUT2D eigenvalue weighted by atomic mass is 32.2. The second kappa shape index (κ2) is 6.41. The van der Waals surface area contributed by atoms with E-state index in [0.717, 1.165) is 0 Å². The molecule has 0 fully saturated rings. The molecule has 0 aliphatic rings. The average molecular weight is 265 g/mol. The van der Waals surface area contributed by atoms with Gasteiger partial charge in [0.15, 0.2) is 10.1 Å². The predicted molar refractivity (Wildman–Crippen MR) is 53.6 cm³/mol. The summed E-state index contributed by atoms with van der Waals surface area (Å²) in [6, 6.07) is 0. The number of rotatable bonds is 3. The lowest BCUT2D eigenvalue weighted by atomic mass is 10.4. The molecule has 16 heavy (non-hydrogen) atoms. The number of halogens is 3. The van der Waals surface area contributed by atoms with Gasteiger partial charge in [0, 0.05) is 0 Å². The molecular formula is C8H18F3NO3S. The molecule has 0 saturated carbocycles. The molecule has 0 aliphatic heterocycles. The van der Waals surface area contributed by atoms with Crippen molar-refractivity contribution in [2.75, 3.05) is 26.7 Å². The molecule has 0 aromatic carbocycles. The lowest BCUT2D eigenvalue weighted by Crippen LogP contribution is -2.42. The molecule has 0 aromatic rings. The number of hydrogen-bond donors (Lipinski definition) is 0. The van der Waals surface area contributed by atoms with E-state index in [4.69, 9.17) is 13.0 Å². The summed E-state index contributed by atoms with van der Waals surface area (Å²) < 4.78 is 60.1. The average Bonchev–Trinajstić information content (AvgIpc) is 2.14. The standard InChI is InChI=1S/C7H18N.CHF3O3S/c1-5-8(4,6-2)7-3;2-1(3,4)8(5,6)7/h5-7H2,1-4H3;(H,5,6,7)/q+1;/p-1. The van der Waals surface area contributed by atoms with E-state index in [2.05, 4.69) is 27.8 Å². The molecule has 0 aromatic heterocycles. The Morgan fingerprint density at radius 2 is 1.25 bits per heavy atom. The number of nitrogens with zero attached hydrogens (tertiary/aromatic N) is 1. The Morgan fingerprint density at radius 3 is 1.25 bits per heavy atom. The summed E-state index contributed by atoms with van der Waals surface area (Å²) in [5.74, 6) is 0. The lowest BCUT2D eigenvalue weighted by molar-refractivity contribution is -0.904. The zero-order valence-electron chi connectivity index (χ0n) is 9.84. The van der Waals surface area contributed by atoms with Crippen LogP contribution in [0.1, 0.15) is 20.8 Å². The van der Waals surface area contributed by atoms with Crippen molar-refractivity contribution >= 4 is 10.1 Å². The molecule has 0 bridgehead atoms. The van der Waals surface area contributed by atoms with Gasteiger partial charge in [0.2, 0.25) is 0 Å². The van der Waals surface area contributed by atoms with Crippen molar-refractivity contribution < 1.29 is 30.6 Å². The van der Waals surface area contributed by atoms with E-state index in [0.29, 0.717) is 0 Å². The second-order valence-corrected chi connectivity index (χ2v) is 4.84. The van der Waals surface area contributed by atoms with Gasteiger partial charge in [0.1, 0.15) is 0 Å². The number of quaternary nitrogens is 1. The zero-order chi connectivity index (χ0) is 13.6. The molecule has 0 atom stereocenters. The summed E-state index contributed by atoms with van der Waals surface area (Å²) >= 11 is 0. The van der Waals surface area contributed by atoms with Gasteiger partial charge in [-0.1, -0.05) is 0 Å². The van der Waals surface area contributed by atoms with Gasteiger partial charge in [-0.3, -0.25) is 0 Å². The Kier molecular flexibility index (Phi) is 7.22. The summed E-state index contributed by atoms with van der Waals surface area (Å²) in [5, 5.41) is 0. The first-order valence-corrected chi connectivity index (χ1v) is 6.20. The number of alkyl halides is 3. The van der Waals surface area contributed by atoms with E-state index < -0.39 is 15.6 Å². The SMILES string of the molecule is CC[N+](C)(CC)CC.O=S(=O)([O-])C(F)(F)F. The molecule has 0 saturated heterocycles. The minimum Gasteiger partial charge on any atom is -0.741 e. The van der Waals surface area contributed by atoms with E-state index in [9.17, 15) is 13.2 Å². The van der Waals surface area contributed by atoms with Crippen molar-refractivity contribution in [2.24, 2.45) is 0 Å². The van der Waals surface area contributed by atoms with Crippen molar-refractivity contribution in [3.63, 3.8) is 0 Å². The fourth-order valence-corrected chi connectivity index (χ4v) is 0.671. The van der Waals surface area contributed by atoms with Crippen LogP contribution in [0.25, 0.3) is 0 Å². The largest absolute Gasteiger partial charge is 0.741 e. The maximum absolute atomic E-state index is 10.7. The minimum atomic E-state index is -6.09.